The molecular weight excluding hydrogens is 326 g/mol. The van der Waals surface area contributed by atoms with Crippen molar-refractivity contribution >= 4 is 28.9 Å². The Kier molecular flexibility index (Phi) is 4.34. The summed E-state index contributed by atoms with van der Waals surface area (Å²) in [5.74, 6) is -1.16. The number of amides is 1. The first-order valence-corrected chi connectivity index (χ1v) is 7.56. The molecule has 0 aliphatic carbocycles. The third-order valence-corrected chi connectivity index (χ3v) is 3.98. The van der Waals surface area contributed by atoms with Gasteiger partial charge in [0.05, 0.1) is 10.5 Å². The summed E-state index contributed by atoms with van der Waals surface area (Å²) in [6, 6.07) is 11.1. The highest BCUT2D eigenvalue weighted by molar-refractivity contribution is 5.98. The van der Waals surface area contributed by atoms with E-state index in [1.807, 2.05) is 24.3 Å². The van der Waals surface area contributed by atoms with Crippen LogP contribution < -0.4 is 10.6 Å². The van der Waals surface area contributed by atoms with Crippen LogP contribution in [0.2, 0.25) is 0 Å². The van der Waals surface area contributed by atoms with Gasteiger partial charge in [0.15, 0.2) is 6.61 Å². The predicted octanol–water partition coefficient (Wildman–Crippen LogP) is 1.92. The molecule has 2 aromatic rings. The van der Waals surface area contributed by atoms with E-state index in [4.69, 9.17) is 10.5 Å². The van der Waals surface area contributed by atoms with E-state index >= 15 is 0 Å². The Morgan fingerprint density at radius 3 is 2.76 bits per heavy atom. The van der Waals surface area contributed by atoms with Gasteiger partial charge in [0.25, 0.3) is 11.6 Å². The van der Waals surface area contributed by atoms with E-state index in [2.05, 4.69) is 0 Å². The van der Waals surface area contributed by atoms with Gasteiger partial charge in [-0.2, -0.15) is 0 Å². The number of nitrogens with two attached hydrogens (primary N) is 1. The van der Waals surface area contributed by atoms with Crippen LogP contribution in [0.25, 0.3) is 0 Å². The molecular formula is C17H15N3O5. The van der Waals surface area contributed by atoms with Crippen LogP contribution in [-0.2, 0) is 16.0 Å². The summed E-state index contributed by atoms with van der Waals surface area (Å²) in [6.45, 7) is 0.0917. The second kappa shape index (κ2) is 6.60. The molecule has 2 N–H and O–H groups in total. The lowest BCUT2D eigenvalue weighted by atomic mass is 10.2. The highest BCUT2D eigenvalue weighted by Crippen LogP contribution is 2.27. The lowest BCUT2D eigenvalue weighted by Crippen LogP contribution is -2.33. The lowest BCUT2D eigenvalue weighted by Gasteiger charge is -2.17. The van der Waals surface area contributed by atoms with Gasteiger partial charge in [0, 0.05) is 18.3 Å². The first-order valence-electron chi connectivity index (χ1n) is 7.56. The van der Waals surface area contributed by atoms with Crippen LogP contribution in [0.4, 0.5) is 17.1 Å². The first kappa shape index (κ1) is 16.4. The summed E-state index contributed by atoms with van der Waals surface area (Å²) in [6.07, 6.45) is 0.750. The number of nitro benzene ring substituents is 1. The molecule has 0 spiro atoms. The molecule has 25 heavy (non-hydrogen) atoms. The number of esters is 1. The molecule has 0 atom stereocenters. The van der Waals surface area contributed by atoms with Gasteiger partial charge in [0.2, 0.25) is 0 Å². The van der Waals surface area contributed by atoms with Crippen molar-refractivity contribution in [3.63, 3.8) is 0 Å². The standard InChI is InChI=1S/C17H15N3O5/c18-13-6-5-12(9-15(13)20(23)24)17(22)25-10-16(21)19-8-7-11-3-1-2-4-14(11)19/h1-6,9H,7-8,10,18H2. The highest BCUT2D eigenvalue weighted by Gasteiger charge is 2.25. The first-order chi connectivity index (χ1) is 12.0. The molecule has 0 bridgehead atoms. The second-order valence-electron chi connectivity index (χ2n) is 5.53. The number of fused-ring (bicyclic) bond motifs is 1. The molecule has 0 saturated carbocycles. The van der Waals surface area contributed by atoms with Crippen molar-refractivity contribution in [3.8, 4) is 0 Å². The molecule has 2 aromatic carbocycles. The number of anilines is 2. The summed E-state index contributed by atoms with van der Waals surface area (Å²) < 4.78 is 5.00. The van der Waals surface area contributed by atoms with Crippen molar-refractivity contribution in [2.24, 2.45) is 0 Å². The van der Waals surface area contributed by atoms with Crippen molar-refractivity contribution < 1.29 is 19.2 Å². The zero-order chi connectivity index (χ0) is 18.0. The topological polar surface area (TPSA) is 116 Å². The van der Waals surface area contributed by atoms with Crippen molar-refractivity contribution in [1.82, 2.24) is 0 Å². The normalized spacial score (nSPS) is 12.6. The molecule has 0 fully saturated rings. The summed E-state index contributed by atoms with van der Waals surface area (Å²) in [4.78, 5) is 36.1. The predicted molar refractivity (Wildman–Crippen MR) is 90.3 cm³/mol. The minimum absolute atomic E-state index is 0.0319. The number of ether oxygens (including phenoxy) is 1. The van der Waals surface area contributed by atoms with Gasteiger partial charge < -0.3 is 15.4 Å². The number of nitro groups is 1. The van der Waals surface area contributed by atoms with Gasteiger partial charge in [-0.25, -0.2) is 4.79 Å². The molecule has 0 radical (unpaired) electrons. The molecule has 1 amide bonds. The van der Waals surface area contributed by atoms with E-state index in [0.29, 0.717) is 6.54 Å². The molecule has 0 unspecified atom stereocenters. The summed E-state index contributed by atoms with van der Waals surface area (Å²) >= 11 is 0. The monoisotopic (exact) mass is 341 g/mol. The maximum absolute atomic E-state index is 12.3. The van der Waals surface area contributed by atoms with Crippen molar-refractivity contribution in [2.75, 3.05) is 23.8 Å². The van der Waals surface area contributed by atoms with E-state index in [9.17, 15) is 19.7 Å². The van der Waals surface area contributed by atoms with E-state index in [1.54, 1.807) is 4.90 Å². The van der Waals surface area contributed by atoms with Crippen molar-refractivity contribution in [1.29, 1.82) is 0 Å². The number of carbonyl (C=O) groups is 2. The summed E-state index contributed by atoms with van der Waals surface area (Å²) in [5.41, 5.74) is 6.90. The summed E-state index contributed by atoms with van der Waals surface area (Å²) in [7, 11) is 0. The third-order valence-electron chi connectivity index (χ3n) is 3.98. The molecule has 8 nitrogen and oxygen atoms in total. The van der Waals surface area contributed by atoms with Gasteiger partial charge in [-0.15, -0.1) is 0 Å². The molecule has 128 valence electrons. The van der Waals surface area contributed by atoms with Crippen molar-refractivity contribution in [3.05, 3.63) is 63.7 Å². The van der Waals surface area contributed by atoms with Gasteiger partial charge >= 0.3 is 5.97 Å². The quantitative estimate of drug-likeness (QED) is 0.393. The molecule has 1 heterocycles. The zero-order valence-electron chi connectivity index (χ0n) is 13.2. The summed E-state index contributed by atoms with van der Waals surface area (Å²) in [5, 5.41) is 10.9. The van der Waals surface area contributed by atoms with Crippen LogP contribution in [0, 0.1) is 10.1 Å². The van der Waals surface area contributed by atoms with Crippen LogP contribution in [0.15, 0.2) is 42.5 Å². The number of para-hydroxylation sites is 1. The Morgan fingerprint density at radius 1 is 1.24 bits per heavy atom. The number of nitrogen functional groups attached to an aromatic ring is 1. The van der Waals surface area contributed by atoms with Crippen LogP contribution >= 0.6 is 0 Å². The molecule has 1 aliphatic heterocycles. The highest BCUT2D eigenvalue weighted by atomic mass is 16.6. The van der Waals surface area contributed by atoms with E-state index in [-0.39, 0.29) is 22.8 Å². The SMILES string of the molecule is Nc1ccc(C(=O)OCC(=O)N2CCc3ccccc32)cc1[N+](=O)[O-]. The maximum Gasteiger partial charge on any atom is 0.338 e. The molecule has 3 rings (SSSR count). The van der Waals surface area contributed by atoms with E-state index < -0.39 is 17.5 Å². The Hall–Kier alpha value is -3.42. The van der Waals surface area contributed by atoms with Crippen LogP contribution in [0.5, 0.6) is 0 Å². The minimum atomic E-state index is -0.816. The largest absolute Gasteiger partial charge is 0.452 e. The fourth-order valence-electron chi connectivity index (χ4n) is 2.71. The number of carbonyl (C=O) groups excluding carboxylic acids is 2. The Labute approximate surface area is 142 Å². The Morgan fingerprint density at radius 2 is 2.00 bits per heavy atom. The molecule has 8 heteroatoms. The van der Waals surface area contributed by atoms with Gasteiger partial charge in [-0.1, -0.05) is 18.2 Å². The number of hydrogen-bond donors (Lipinski definition) is 1. The average molecular weight is 341 g/mol. The maximum atomic E-state index is 12.3. The Balaban J connectivity index is 1.66. The van der Waals surface area contributed by atoms with E-state index in [0.717, 1.165) is 23.7 Å². The zero-order valence-corrected chi connectivity index (χ0v) is 13.2. The van der Waals surface area contributed by atoms with Crippen LogP contribution in [-0.4, -0.2) is 30.0 Å². The average Bonchev–Trinajstić information content (AvgIpc) is 3.03. The van der Waals surface area contributed by atoms with Crippen molar-refractivity contribution in [2.45, 2.75) is 6.42 Å². The van der Waals surface area contributed by atoms with Crippen LogP contribution in [0.1, 0.15) is 15.9 Å². The number of nitrogens with zero attached hydrogens (tertiary/aromatic N) is 2. The fourth-order valence-corrected chi connectivity index (χ4v) is 2.71. The molecule has 0 saturated heterocycles. The van der Waals surface area contributed by atoms with Gasteiger partial charge in [-0.05, 0) is 30.2 Å². The minimum Gasteiger partial charge on any atom is -0.452 e. The van der Waals surface area contributed by atoms with Gasteiger partial charge in [0.1, 0.15) is 5.69 Å². The Bertz CT molecular complexity index is 865. The van der Waals surface area contributed by atoms with Crippen LogP contribution in [0.3, 0.4) is 0 Å². The molecule has 0 aromatic heterocycles. The third kappa shape index (κ3) is 3.27. The fraction of sp³-hybridized carbons (Fsp3) is 0.176. The lowest BCUT2D eigenvalue weighted by molar-refractivity contribution is -0.383. The number of benzene rings is 2. The number of hydrogen-bond acceptors (Lipinski definition) is 6. The number of rotatable bonds is 4. The smallest absolute Gasteiger partial charge is 0.338 e. The molecule has 1 aliphatic rings. The van der Waals surface area contributed by atoms with E-state index in [1.165, 1.54) is 12.1 Å². The van der Waals surface area contributed by atoms with Gasteiger partial charge in [-0.3, -0.25) is 14.9 Å². The second-order valence-corrected chi connectivity index (χ2v) is 5.53.